The molecule has 5 heteroatoms. The number of urea groups is 1. The Balaban J connectivity index is 1.81. The van der Waals surface area contributed by atoms with Crippen LogP contribution in [0.1, 0.15) is 52.4 Å². The molecule has 114 valence electrons. The number of nitrogens with zero attached hydrogens (tertiary/aromatic N) is 1. The van der Waals surface area contributed by atoms with E-state index < -0.39 is 11.9 Å². The summed E-state index contributed by atoms with van der Waals surface area (Å²) in [5.41, 5.74) is 0.390. The van der Waals surface area contributed by atoms with Crippen LogP contribution in [0.15, 0.2) is 0 Å². The first-order valence-electron chi connectivity index (χ1n) is 7.66. The number of rotatable bonds is 2. The summed E-state index contributed by atoms with van der Waals surface area (Å²) in [5.74, 6) is -1.19. The summed E-state index contributed by atoms with van der Waals surface area (Å²) < 4.78 is 0. The van der Waals surface area contributed by atoms with Gasteiger partial charge in [0.2, 0.25) is 0 Å². The van der Waals surface area contributed by atoms with Crippen LogP contribution in [0, 0.1) is 11.3 Å². The molecule has 1 saturated heterocycles. The number of piperidine rings is 1. The van der Waals surface area contributed by atoms with Crippen LogP contribution in [-0.4, -0.2) is 41.1 Å². The molecule has 0 unspecified atom stereocenters. The van der Waals surface area contributed by atoms with Crippen molar-refractivity contribution in [3.63, 3.8) is 0 Å². The van der Waals surface area contributed by atoms with Crippen molar-refractivity contribution in [2.75, 3.05) is 13.1 Å². The molecule has 2 N–H and O–H groups in total. The van der Waals surface area contributed by atoms with Gasteiger partial charge >= 0.3 is 12.0 Å². The Hall–Kier alpha value is -1.26. The van der Waals surface area contributed by atoms with E-state index in [1.165, 1.54) is 0 Å². The average Bonchev–Trinajstić information content (AvgIpc) is 2.41. The predicted molar refractivity (Wildman–Crippen MR) is 76.5 cm³/mol. The van der Waals surface area contributed by atoms with Crippen LogP contribution in [0.25, 0.3) is 0 Å². The second kappa shape index (κ2) is 6.02. The average molecular weight is 282 g/mol. The first-order chi connectivity index (χ1) is 9.37. The van der Waals surface area contributed by atoms with Crippen molar-refractivity contribution in [1.82, 2.24) is 10.2 Å². The number of carboxylic acid groups (broad SMARTS) is 1. The number of carbonyl (C=O) groups excluding carboxylic acids is 1. The topological polar surface area (TPSA) is 69.6 Å². The quantitative estimate of drug-likeness (QED) is 0.817. The molecule has 1 aliphatic heterocycles. The second-order valence-electron chi connectivity index (χ2n) is 7.01. The summed E-state index contributed by atoms with van der Waals surface area (Å²) in [7, 11) is 0. The largest absolute Gasteiger partial charge is 0.481 e. The van der Waals surface area contributed by atoms with Crippen molar-refractivity contribution in [2.24, 2.45) is 11.3 Å². The van der Waals surface area contributed by atoms with E-state index in [-0.39, 0.29) is 12.1 Å². The molecule has 0 radical (unpaired) electrons. The van der Waals surface area contributed by atoms with Gasteiger partial charge in [-0.2, -0.15) is 0 Å². The lowest BCUT2D eigenvalue weighted by atomic mass is 9.75. The van der Waals surface area contributed by atoms with Gasteiger partial charge in [-0.1, -0.05) is 13.8 Å². The minimum absolute atomic E-state index is 0.0827. The van der Waals surface area contributed by atoms with E-state index in [4.69, 9.17) is 5.11 Å². The molecule has 1 aliphatic carbocycles. The van der Waals surface area contributed by atoms with Gasteiger partial charge in [0.15, 0.2) is 0 Å². The zero-order valence-corrected chi connectivity index (χ0v) is 12.5. The molecule has 2 fully saturated rings. The van der Waals surface area contributed by atoms with Crippen LogP contribution in [0.2, 0.25) is 0 Å². The molecule has 0 bridgehead atoms. The molecular weight excluding hydrogens is 256 g/mol. The zero-order chi connectivity index (χ0) is 14.8. The highest BCUT2D eigenvalue weighted by Crippen LogP contribution is 2.35. The van der Waals surface area contributed by atoms with Gasteiger partial charge in [0.25, 0.3) is 0 Å². The standard InChI is InChI=1S/C15H26N2O3/c1-15(2)7-5-12(6-8-15)16-14(20)17-9-3-4-11(10-17)13(18)19/h11-12H,3-10H2,1-2H3,(H,16,20)(H,18,19)/t11-/m0/s1. The van der Waals surface area contributed by atoms with E-state index in [0.29, 0.717) is 24.9 Å². The first kappa shape index (κ1) is 15.1. The van der Waals surface area contributed by atoms with Gasteiger partial charge in [-0.3, -0.25) is 4.79 Å². The Morgan fingerprint density at radius 1 is 1.20 bits per heavy atom. The van der Waals surface area contributed by atoms with Crippen molar-refractivity contribution in [3.05, 3.63) is 0 Å². The van der Waals surface area contributed by atoms with Gasteiger partial charge in [0.05, 0.1) is 5.92 Å². The smallest absolute Gasteiger partial charge is 0.317 e. The molecule has 0 aromatic rings. The monoisotopic (exact) mass is 282 g/mol. The number of nitrogens with one attached hydrogen (secondary N) is 1. The molecule has 0 spiro atoms. The van der Waals surface area contributed by atoms with Crippen LogP contribution in [-0.2, 0) is 4.79 Å². The van der Waals surface area contributed by atoms with Crippen molar-refractivity contribution in [1.29, 1.82) is 0 Å². The summed E-state index contributed by atoms with van der Waals surface area (Å²) in [6, 6.07) is 0.168. The fourth-order valence-corrected chi connectivity index (χ4v) is 3.17. The first-order valence-corrected chi connectivity index (χ1v) is 7.66. The fourth-order valence-electron chi connectivity index (χ4n) is 3.17. The molecule has 1 heterocycles. The molecular formula is C15H26N2O3. The van der Waals surface area contributed by atoms with Gasteiger partial charge in [0.1, 0.15) is 0 Å². The number of carbonyl (C=O) groups is 2. The van der Waals surface area contributed by atoms with Crippen LogP contribution >= 0.6 is 0 Å². The zero-order valence-electron chi connectivity index (χ0n) is 12.5. The van der Waals surface area contributed by atoms with Crippen molar-refractivity contribution in [3.8, 4) is 0 Å². The maximum Gasteiger partial charge on any atom is 0.317 e. The van der Waals surface area contributed by atoms with Crippen LogP contribution in [0.3, 0.4) is 0 Å². The summed E-state index contributed by atoms with van der Waals surface area (Å²) in [6.45, 7) is 5.56. The van der Waals surface area contributed by atoms with E-state index in [9.17, 15) is 9.59 Å². The summed E-state index contributed by atoms with van der Waals surface area (Å²) in [4.78, 5) is 24.9. The van der Waals surface area contributed by atoms with Crippen LogP contribution < -0.4 is 5.32 Å². The Labute approximate surface area is 120 Å². The lowest BCUT2D eigenvalue weighted by molar-refractivity contribution is -0.143. The number of aliphatic carboxylic acids is 1. The molecule has 2 amide bonds. The van der Waals surface area contributed by atoms with Gasteiger partial charge in [-0.25, -0.2) is 4.79 Å². The van der Waals surface area contributed by atoms with Gasteiger partial charge in [-0.05, 0) is 43.9 Å². The molecule has 2 rings (SSSR count). The highest BCUT2D eigenvalue weighted by Gasteiger charge is 2.31. The van der Waals surface area contributed by atoms with E-state index >= 15 is 0 Å². The minimum Gasteiger partial charge on any atom is -0.481 e. The summed E-state index contributed by atoms with van der Waals surface area (Å²) in [6.07, 6.45) is 5.77. The molecule has 0 aromatic carbocycles. The summed E-state index contributed by atoms with van der Waals surface area (Å²) >= 11 is 0. The predicted octanol–water partition coefficient (Wildman–Crippen LogP) is 2.46. The highest BCUT2D eigenvalue weighted by atomic mass is 16.4. The highest BCUT2D eigenvalue weighted by molar-refractivity contribution is 5.76. The fraction of sp³-hybridized carbons (Fsp3) is 0.867. The molecule has 20 heavy (non-hydrogen) atoms. The van der Waals surface area contributed by atoms with E-state index in [1.54, 1.807) is 4.90 Å². The molecule has 0 aromatic heterocycles. The number of carboxylic acids is 1. The lowest BCUT2D eigenvalue weighted by Crippen LogP contribution is -2.50. The second-order valence-corrected chi connectivity index (χ2v) is 7.01. The van der Waals surface area contributed by atoms with Crippen LogP contribution in [0.5, 0.6) is 0 Å². The molecule has 5 nitrogen and oxygen atoms in total. The molecule has 2 aliphatic rings. The SMILES string of the molecule is CC1(C)CCC(NC(=O)N2CCC[C@H](C(=O)O)C2)CC1. The Morgan fingerprint density at radius 2 is 1.85 bits per heavy atom. The van der Waals surface area contributed by atoms with Gasteiger partial charge in [-0.15, -0.1) is 0 Å². The molecule has 1 atom stereocenters. The third kappa shape index (κ3) is 3.87. The van der Waals surface area contributed by atoms with Crippen LogP contribution in [0.4, 0.5) is 4.79 Å². The van der Waals surface area contributed by atoms with Gasteiger partial charge < -0.3 is 15.3 Å². The Bertz CT molecular complexity index is 371. The van der Waals surface area contributed by atoms with Crippen molar-refractivity contribution < 1.29 is 14.7 Å². The molecule has 1 saturated carbocycles. The Morgan fingerprint density at radius 3 is 2.45 bits per heavy atom. The van der Waals surface area contributed by atoms with Crippen molar-refractivity contribution >= 4 is 12.0 Å². The number of hydrogen-bond acceptors (Lipinski definition) is 2. The van der Waals surface area contributed by atoms with E-state index in [2.05, 4.69) is 19.2 Å². The lowest BCUT2D eigenvalue weighted by Gasteiger charge is -2.37. The van der Waals surface area contributed by atoms with Gasteiger partial charge in [0, 0.05) is 19.1 Å². The number of hydrogen-bond donors (Lipinski definition) is 2. The van der Waals surface area contributed by atoms with Crippen molar-refractivity contribution in [2.45, 2.75) is 58.4 Å². The van der Waals surface area contributed by atoms with E-state index in [1.807, 2.05) is 0 Å². The Kier molecular flexibility index (Phi) is 4.55. The number of amides is 2. The normalized spacial score (nSPS) is 27.1. The maximum absolute atomic E-state index is 12.2. The van der Waals surface area contributed by atoms with E-state index in [0.717, 1.165) is 32.1 Å². The third-order valence-electron chi connectivity index (χ3n) is 4.72. The number of likely N-dealkylation sites (tertiary alicyclic amines) is 1. The maximum atomic E-state index is 12.2. The third-order valence-corrected chi connectivity index (χ3v) is 4.72. The summed E-state index contributed by atoms with van der Waals surface area (Å²) in [5, 5.41) is 12.1. The minimum atomic E-state index is -0.790.